The fourth-order valence-corrected chi connectivity index (χ4v) is 3.16. The minimum Gasteiger partial charge on any atom is -0.433 e. The number of anilines is 1. The van der Waals surface area contributed by atoms with Crippen molar-refractivity contribution in [3.8, 4) is 17.2 Å². The maximum absolute atomic E-state index is 12.5. The number of rotatable bonds is 7. The summed E-state index contributed by atoms with van der Waals surface area (Å²) in [5.41, 5.74) is 0.238. The predicted octanol–water partition coefficient (Wildman–Crippen LogP) is 4.82. The molecule has 4 rings (SSSR count). The lowest BCUT2D eigenvalue weighted by molar-refractivity contribution is -0.0498. The molecule has 1 fully saturated rings. The molecular weight excluding hydrogens is 418 g/mol. The molecule has 29 heavy (non-hydrogen) atoms. The molecule has 0 atom stereocenters. The third kappa shape index (κ3) is 3.95. The lowest BCUT2D eigenvalue weighted by Gasteiger charge is -2.20. The molecule has 1 saturated carbocycles. The van der Waals surface area contributed by atoms with Gasteiger partial charge in [0.05, 0.1) is 16.1 Å². The van der Waals surface area contributed by atoms with Crippen molar-refractivity contribution < 1.29 is 26.7 Å². The highest BCUT2D eigenvalue weighted by Crippen LogP contribution is 2.51. The summed E-state index contributed by atoms with van der Waals surface area (Å²) in [5, 5.41) is 9.99. The van der Waals surface area contributed by atoms with Gasteiger partial charge in [0.1, 0.15) is 5.75 Å². The van der Waals surface area contributed by atoms with E-state index in [1.54, 1.807) is 12.1 Å². The number of benzene rings is 1. The molecule has 7 nitrogen and oxygen atoms in total. The van der Waals surface area contributed by atoms with Crippen molar-refractivity contribution in [3.05, 3.63) is 47.1 Å². The van der Waals surface area contributed by atoms with Crippen molar-refractivity contribution >= 4 is 17.5 Å². The van der Waals surface area contributed by atoms with Crippen molar-refractivity contribution in [1.29, 1.82) is 0 Å². The number of ether oxygens (including phenoxy) is 1. The minimum atomic E-state index is -2.99. The second kappa shape index (κ2) is 7.47. The van der Waals surface area contributed by atoms with E-state index in [4.69, 9.17) is 16.0 Å². The number of nitrogens with zero attached hydrogens (tertiary/aromatic N) is 4. The van der Waals surface area contributed by atoms with Crippen LogP contribution in [-0.2, 0) is 5.54 Å². The van der Waals surface area contributed by atoms with Gasteiger partial charge in [0.15, 0.2) is 0 Å². The molecule has 0 amide bonds. The van der Waals surface area contributed by atoms with E-state index >= 15 is 0 Å². The van der Waals surface area contributed by atoms with Crippen molar-refractivity contribution in [2.45, 2.75) is 31.4 Å². The summed E-state index contributed by atoms with van der Waals surface area (Å²) in [6.45, 7) is -2.99. The van der Waals surface area contributed by atoms with Gasteiger partial charge in [0.25, 0.3) is 11.8 Å². The Kier molecular flexibility index (Phi) is 4.99. The molecule has 3 aromatic rings. The van der Waals surface area contributed by atoms with Gasteiger partial charge in [0, 0.05) is 12.4 Å². The van der Waals surface area contributed by atoms with Crippen LogP contribution < -0.4 is 10.1 Å². The third-order valence-corrected chi connectivity index (χ3v) is 4.71. The van der Waals surface area contributed by atoms with Crippen LogP contribution in [0, 0.1) is 0 Å². The zero-order valence-corrected chi connectivity index (χ0v) is 15.2. The van der Waals surface area contributed by atoms with Crippen LogP contribution in [0.3, 0.4) is 0 Å². The average Bonchev–Trinajstić information content (AvgIpc) is 3.27. The van der Waals surface area contributed by atoms with E-state index in [1.807, 2.05) is 0 Å². The average molecular weight is 430 g/mol. The fourth-order valence-electron chi connectivity index (χ4n) is 2.81. The molecule has 0 aliphatic heterocycles. The third-order valence-electron chi connectivity index (χ3n) is 4.32. The van der Waals surface area contributed by atoms with E-state index in [9.17, 15) is 17.6 Å². The van der Waals surface area contributed by atoms with E-state index in [1.165, 1.54) is 18.5 Å². The number of nitrogens with one attached hydrogen (secondary N) is 1. The predicted molar refractivity (Wildman–Crippen MR) is 92.9 cm³/mol. The van der Waals surface area contributed by atoms with Crippen LogP contribution in [0.4, 0.5) is 23.5 Å². The first-order valence-corrected chi connectivity index (χ1v) is 8.72. The SMILES string of the molecule is FC(F)Oc1cccc(C2(Nc3ncc(-c4nnc(C(F)F)o4)cn3)CC2)c1Cl. The monoisotopic (exact) mass is 429 g/mol. The first kappa shape index (κ1) is 19.4. The summed E-state index contributed by atoms with van der Waals surface area (Å²) < 4.78 is 59.5. The Labute approximate surface area is 166 Å². The van der Waals surface area contributed by atoms with Gasteiger partial charge in [-0.3, -0.25) is 0 Å². The zero-order valence-electron chi connectivity index (χ0n) is 14.5. The number of alkyl halides is 4. The van der Waals surface area contributed by atoms with E-state index in [2.05, 4.69) is 30.2 Å². The molecule has 1 aromatic carbocycles. The Balaban J connectivity index is 1.53. The summed E-state index contributed by atoms with van der Waals surface area (Å²) in [4.78, 5) is 8.26. The highest BCUT2D eigenvalue weighted by Gasteiger charge is 2.47. The Morgan fingerprint density at radius 2 is 1.83 bits per heavy atom. The van der Waals surface area contributed by atoms with Gasteiger partial charge >= 0.3 is 13.0 Å². The largest absolute Gasteiger partial charge is 0.433 e. The molecule has 1 aliphatic carbocycles. The standard InChI is InChI=1S/C17H12ClF4N5O2/c18-11-9(2-1-3-10(11)28-15(21)22)17(4-5-17)25-16-23-6-8(7-24-16)13-26-27-14(29-13)12(19)20/h1-3,6-7,12,15H,4-5H2,(H,23,24,25). The minimum absolute atomic E-state index is 0.0832. The zero-order chi connectivity index (χ0) is 20.6. The Morgan fingerprint density at radius 3 is 2.41 bits per heavy atom. The molecule has 12 heteroatoms. The normalized spacial score (nSPS) is 15.0. The van der Waals surface area contributed by atoms with Crippen LogP contribution in [0.15, 0.2) is 35.0 Å². The lowest BCUT2D eigenvalue weighted by Crippen LogP contribution is -2.21. The van der Waals surface area contributed by atoms with Gasteiger partial charge in [-0.2, -0.15) is 17.6 Å². The van der Waals surface area contributed by atoms with Crippen LogP contribution in [0.5, 0.6) is 5.75 Å². The number of aromatic nitrogens is 4. The summed E-state index contributed by atoms with van der Waals surface area (Å²) >= 11 is 6.25. The van der Waals surface area contributed by atoms with Gasteiger partial charge in [-0.25, -0.2) is 9.97 Å². The molecule has 0 radical (unpaired) electrons. The quantitative estimate of drug-likeness (QED) is 0.539. The molecule has 0 bridgehead atoms. The molecule has 2 aromatic heterocycles. The Morgan fingerprint density at radius 1 is 1.10 bits per heavy atom. The molecule has 0 unspecified atom stereocenters. The number of hydrogen-bond donors (Lipinski definition) is 1. The highest BCUT2D eigenvalue weighted by atomic mass is 35.5. The van der Waals surface area contributed by atoms with Crippen molar-refractivity contribution in [2.75, 3.05) is 5.32 Å². The van der Waals surface area contributed by atoms with Crippen LogP contribution in [-0.4, -0.2) is 26.8 Å². The van der Waals surface area contributed by atoms with Crippen LogP contribution in [0.1, 0.15) is 30.7 Å². The van der Waals surface area contributed by atoms with Gasteiger partial charge in [0.2, 0.25) is 5.95 Å². The smallest absolute Gasteiger partial charge is 0.387 e. The topological polar surface area (TPSA) is 86.0 Å². The van der Waals surface area contributed by atoms with Crippen LogP contribution >= 0.6 is 11.6 Å². The number of halogens is 5. The Hall–Kier alpha value is -2.95. The highest BCUT2D eigenvalue weighted by molar-refractivity contribution is 6.33. The first-order chi connectivity index (χ1) is 13.9. The lowest BCUT2D eigenvalue weighted by atomic mass is 10.0. The van der Waals surface area contributed by atoms with E-state index in [0.717, 1.165) is 0 Å². The second-order valence-electron chi connectivity index (χ2n) is 6.24. The Bertz CT molecular complexity index is 1010. The molecule has 152 valence electrons. The molecule has 2 heterocycles. The van der Waals surface area contributed by atoms with Crippen LogP contribution in [0.2, 0.25) is 5.02 Å². The van der Waals surface area contributed by atoms with Crippen LogP contribution in [0.25, 0.3) is 11.5 Å². The summed E-state index contributed by atoms with van der Waals surface area (Å²) in [6, 6.07) is 4.64. The fraction of sp³-hybridized carbons (Fsp3) is 0.294. The molecule has 1 N–H and O–H groups in total. The summed E-state index contributed by atoms with van der Waals surface area (Å²) in [7, 11) is 0. The summed E-state index contributed by atoms with van der Waals surface area (Å²) in [6.07, 6.45) is 1.16. The molecule has 1 aliphatic rings. The van der Waals surface area contributed by atoms with Gasteiger partial charge in [-0.05, 0) is 24.5 Å². The number of hydrogen-bond acceptors (Lipinski definition) is 7. The van der Waals surface area contributed by atoms with Gasteiger partial charge < -0.3 is 14.5 Å². The maximum atomic E-state index is 12.5. The summed E-state index contributed by atoms with van der Waals surface area (Å²) in [5.74, 6) is -0.807. The van der Waals surface area contributed by atoms with E-state index in [0.29, 0.717) is 18.4 Å². The van der Waals surface area contributed by atoms with Gasteiger partial charge in [-0.15, -0.1) is 10.2 Å². The van der Waals surface area contributed by atoms with Crippen molar-refractivity contribution in [3.63, 3.8) is 0 Å². The second-order valence-corrected chi connectivity index (χ2v) is 6.62. The molecule has 0 spiro atoms. The van der Waals surface area contributed by atoms with E-state index in [-0.39, 0.29) is 28.2 Å². The first-order valence-electron chi connectivity index (χ1n) is 8.34. The van der Waals surface area contributed by atoms with Crippen molar-refractivity contribution in [1.82, 2.24) is 20.2 Å². The maximum Gasteiger partial charge on any atom is 0.387 e. The molecule has 0 saturated heterocycles. The van der Waals surface area contributed by atoms with Crippen molar-refractivity contribution in [2.24, 2.45) is 0 Å². The molecular formula is C17H12ClF4N5O2. The van der Waals surface area contributed by atoms with Gasteiger partial charge in [-0.1, -0.05) is 23.7 Å². The van der Waals surface area contributed by atoms with E-state index < -0.39 is 24.5 Å².